The lowest BCUT2D eigenvalue weighted by Gasteiger charge is -2.13. The number of esters is 1. The second-order valence-electron chi connectivity index (χ2n) is 6.36. The van der Waals surface area contributed by atoms with Gasteiger partial charge in [0.2, 0.25) is 0 Å². The number of rotatable bonds is 6. The van der Waals surface area contributed by atoms with Gasteiger partial charge in [-0.15, -0.1) is 11.3 Å². The number of nitrogens with zero attached hydrogens (tertiary/aromatic N) is 2. The Hall–Kier alpha value is -2.84. The molecule has 0 saturated heterocycles. The Balaban J connectivity index is 1.30. The smallest absolute Gasteiger partial charge is 0.311 e. The minimum atomic E-state index is -0.451. The van der Waals surface area contributed by atoms with Crippen LogP contribution in [0.5, 0.6) is 0 Å². The molecule has 1 aliphatic heterocycles. The molecule has 0 bridgehead atoms. The summed E-state index contributed by atoms with van der Waals surface area (Å²) in [6.45, 7) is -0.0224. The molecule has 4 rings (SSSR count). The van der Waals surface area contributed by atoms with Gasteiger partial charge in [0.15, 0.2) is 0 Å². The highest BCUT2D eigenvalue weighted by Gasteiger charge is 2.34. The molecule has 2 aromatic carbocycles. The van der Waals surface area contributed by atoms with E-state index in [0.29, 0.717) is 16.8 Å². The number of imide groups is 1. The molecule has 0 aliphatic carbocycles. The van der Waals surface area contributed by atoms with E-state index in [-0.39, 0.29) is 31.4 Å². The maximum absolute atomic E-state index is 12.3. The summed E-state index contributed by atoms with van der Waals surface area (Å²) in [5.41, 5.74) is 2.35. The van der Waals surface area contributed by atoms with Crippen LogP contribution in [0, 0.1) is 0 Å². The van der Waals surface area contributed by atoms with Crippen molar-refractivity contribution < 1.29 is 19.1 Å². The van der Waals surface area contributed by atoms with Crippen LogP contribution in [0.4, 0.5) is 0 Å². The van der Waals surface area contributed by atoms with Gasteiger partial charge in [0.25, 0.3) is 11.8 Å². The number of carbonyl (C=O) groups is 3. The molecule has 146 valence electrons. The van der Waals surface area contributed by atoms with E-state index < -0.39 is 5.97 Å². The number of hydrogen-bond donors (Lipinski definition) is 0. The van der Waals surface area contributed by atoms with Gasteiger partial charge in [-0.2, -0.15) is 0 Å². The number of thiazole rings is 1. The fourth-order valence-corrected chi connectivity index (χ4v) is 4.25. The van der Waals surface area contributed by atoms with Crippen molar-refractivity contribution in [3.05, 3.63) is 75.2 Å². The van der Waals surface area contributed by atoms with Crippen LogP contribution in [0.15, 0.2) is 58.4 Å². The number of benzene rings is 2. The van der Waals surface area contributed by atoms with E-state index in [2.05, 4.69) is 20.9 Å². The molecule has 0 atom stereocenters. The second kappa shape index (κ2) is 8.26. The molecule has 6 nitrogen and oxygen atoms in total. The maximum Gasteiger partial charge on any atom is 0.311 e. The van der Waals surface area contributed by atoms with Gasteiger partial charge in [-0.1, -0.05) is 40.2 Å². The standard InChI is InChI=1S/C21H15BrN2O4S/c22-14-5-3-4-13(10-14)19-23-15(12-29-19)11-18(25)28-9-8-24-20(26)16-6-1-2-7-17(16)21(24)27/h1-7,10,12H,8-9,11H2. The van der Waals surface area contributed by atoms with Gasteiger partial charge in [0.1, 0.15) is 11.6 Å². The molecule has 8 heteroatoms. The van der Waals surface area contributed by atoms with Gasteiger partial charge < -0.3 is 4.74 Å². The normalized spacial score (nSPS) is 12.9. The maximum atomic E-state index is 12.3. The summed E-state index contributed by atoms with van der Waals surface area (Å²) in [6.07, 6.45) is 0.0343. The predicted molar refractivity (Wildman–Crippen MR) is 112 cm³/mol. The molecule has 0 radical (unpaired) electrons. The summed E-state index contributed by atoms with van der Waals surface area (Å²) >= 11 is 4.89. The van der Waals surface area contributed by atoms with Gasteiger partial charge in [-0.05, 0) is 24.3 Å². The highest BCUT2D eigenvalue weighted by Crippen LogP contribution is 2.26. The fraction of sp³-hybridized carbons (Fsp3) is 0.143. The van der Waals surface area contributed by atoms with Crippen LogP contribution in [0.3, 0.4) is 0 Å². The summed E-state index contributed by atoms with van der Waals surface area (Å²) in [6, 6.07) is 14.4. The first-order valence-electron chi connectivity index (χ1n) is 8.84. The Bertz CT molecular complexity index is 1080. The van der Waals surface area contributed by atoms with Crippen molar-refractivity contribution in [2.75, 3.05) is 13.2 Å². The van der Waals surface area contributed by atoms with Crippen molar-refractivity contribution in [3.63, 3.8) is 0 Å². The first-order chi connectivity index (χ1) is 14.0. The molecule has 0 N–H and O–H groups in total. The molecule has 0 unspecified atom stereocenters. The summed E-state index contributed by atoms with van der Waals surface area (Å²) in [5, 5.41) is 2.64. The third kappa shape index (κ3) is 4.13. The number of aromatic nitrogens is 1. The molecule has 29 heavy (non-hydrogen) atoms. The highest BCUT2D eigenvalue weighted by molar-refractivity contribution is 9.10. The van der Waals surface area contributed by atoms with Crippen LogP contribution in [-0.4, -0.2) is 40.8 Å². The van der Waals surface area contributed by atoms with Crippen LogP contribution in [0.25, 0.3) is 10.6 Å². The molecular formula is C21H15BrN2O4S. The third-order valence-electron chi connectivity index (χ3n) is 4.40. The summed E-state index contributed by atoms with van der Waals surface area (Å²) in [7, 11) is 0. The average molecular weight is 471 g/mol. The molecule has 3 aromatic rings. The molecule has 0 fully saturated rings. The van der Waals surface area contributed by atoms with Gasteiger partial charge in [-0.3, -0.25) is 19.3 Å². The van der Waals surface area contributed by atoms with Crippen LogP contribution in [0.1, 0.15) is 26.4 Å². The number of fused-ring (bicyclic) bond motifs is 1. The molecule has 2 heterocycles. The van der Waals surface area contributed by atoms with Gasteiger partial charge >= 0.3 is 5.97 Å². The minimum absolute atomic E-state index is 0.0262. The van der Waals surface area contributed by atoms with Crippen molar-refractivity contribution >= 4 is 45.1 Å². The highest BCUT2D eigenvalue weighted by atomic mass is 79.9. The molecular weight excluding hydrogens is 456 g/mol. The molecule has 1 aromatic heterocycles. The zero-order valence-corrected chi connectivity index (χ0v) is 17.5. The lowest BCUT2D eigenvalue weighted by atomic mass is 10.1. The molecule has 1 aliphatic rings. The fourth-order valence-electron chi connectivity index (χ4n) is 3.03. The van der Waals surface area contributed by atoms with E-state index in [1.54, 1.807) is 24.3 Å². The number of ether oxygens (including phenoxy) is 1. The number of halogens is 1. The summed E-state index contributed by atoms with van der Waals surface area (Å²) < 4.78 is 6.17. The Labute approximate surface area is 179 Å². The van der Waals surface area contributed by atoms with Crippen molar-refractivity contribution in [3.8, 4) is 10.6 Å². The van der Waals surface area contributed by atoms with Gasteiger partial charge in [0, 0.05) is 15.4 Å². The monoisotopic (exact) mass is 470 g/mol. The Morgan fingerprint density at radius 2 is 1.79 bits per heavy atom. The van der Waals surface area contributed by atoms with E-state index in [9.17, 15) is 14.4 Å². The average Bonchev–Trinajstić information content (AvgIpc) is 3.27. The van der Waals surface area contributed by atoms with E-state index in [4.69, 9.17) is 4.74 Å². The molecule has 0 spiro atoms. The predicted octanol–water partition coefficient (Wildman–Crippen LogP) is 3.95. The van der Waals surface area contributed by atoms with Crippen LogP contribution in [0.2, 0.25) is 0 Å². The van der Waals surface area contributed by atoms with E-state index in [0.717, 1.165) is 19.9 Å². The topological polar surface area (TPSA) is 76.6 Å². The van der Waals surface area contributed by atoms with Gasteiger partial charge in [-0.25, -0.2) is 4.98 Å². The Morgan fingerprint density at radius 1 is 1.07 bits per heavy atom. The van der Waals surface area contributed by atoms with E-state index in [1.165, 1.54) is 11.3 Å². The number of hydrogen-bond acceptors (Lipinski definition) is 6. The number of carbonyl (C=O) groups excluding carboxylic acids is 3. The Morgan fingerprint density at radius 3 is 2.48 bits per heavy atom. The van der Waals surface area contributed by atoms with Crippen LogP contribution in [-0.2, 0) is 16.0 Å². The zero-order chi connectivity index (χ0) is 20.4. The minimum Gasteiger partial charge on any atom is -0.463 e. The lowest BCUT2D eigenvalue weighted by molar-refractivity contribution is -0.143. The van der Waals surface area contributed by atoms with Crippen molar-refractivity contribution in [2.45, 2.75) is 6.42 Å². The molecule has 2 amide bonds. The summed E-state index contributed by atoms with van der Waals surface area (Å²) in [4.78, 5) is 42.3. The lowest BCUT2D eigenvalue weighted by Crippen LogP contribution is -2.33. The first kappa shape index (κ1) is 19.5. The molecule has 0 saturated carbocycles. The first-order valence-corrected chi connectivity index (χ1v) is 10.5. The number of amides is 2. The summed E-state index contributed by atoms with van der Waals surface area (Å²) in [5.74, 6) is -1.17. The van der Waals surface area contributed by atoms with Gasteiger partial charge in [0.05, 0.1) is 29.8 Å². The van der Waals surface area contributed by atoms with Crippen LogP contribution >= 0.6 is 27.3 Å². The third-order valence-corrected chi connectivity index (χ3v) is 5.84. The quantitative estimate of drug-likeness (QED) is 0.402. The van der Waals surface area contributed by atoms with Crippen molar-refractivity contribution in [1.29, 1.82) is 0 Å². The largest absolute Gasteiger partial charge is 0.463 e. The Kier molecular flexibility index (Phi) is 5.55. The SMILES string of the molecule is O=C(Cc1csc(-c2cccc(Br)c2)n1)OCCN1C(=O)c2ccccc2C1=O. The van der Waals surface area contributed by atoms with E-state index >= 15 is 0 Å². The van der Waals surface area contributed by atoms with Crippen molar-refractivity contribution in [2.24, 2.45) is 0 Å². The van der Waals surface area contributed by atoms with Crippen LogP contribution < -0.4 is 0 Å². The second-order valence-corrected chi connectivity index (χ2v) is 8.13. The van der Waals surface area contributed by atoms with E-state index in [1.807, 2.05) is 29.6 Å². The zero-order valence-electron chi connectivity index (χ0n) is 15.1. The van der Waals surface area contributed by atoms with Crippen molar-refractivity contribution in [1.82, 2.24) is 9.88 Å².